The molecule has 1 heterocycles. The summed E-state index contributed by atoms with van der Waals surface area (Å²) >= 11 is 7.63. The first kappa shape index (κ1) is 46.9. The normalized spacial score (nSPS) is 11.5. The highest BCUT2D eigenvalue weighted by Crippen LogP contribution is 2.19. The second-order valence-corrected chi connectivity index (χ2v) is 15.6. The number of unbranched alkanes of at least 4 members (excludes halogenated alkanes) is 19. The standard InChI is InChI=1S/C42H76ClN3O3S/c1-3-5-7-9-14-20-27-40(28-21-15-10-8-6-4-2)49-42(48)29-22-16-13-18-24-34-46(33-23-17-11-12-19-25-36-47)35-26-32-45-50-38-39-30-31-41(43)44-37-39/h30-31,36-37,40,45H,3-29,32-35,38H2,1-2H3. The third kappa shape index (κ3) is 30.5. The smallest absolute Gasteiger partial charge is 0.306 e. The Morgan fingerprint density at radius 3 is 1.88 bits per heavy atom. The minimum atomic E-state index is 0.0286. The molecule has 6 nitrogen and oxygen atoms in total. The van der Waals surface area contributed by atoms with Crippen molar-refractivity contribution in [3.63, 3.8) is 0 Å². The molecule has 0 aliphatic carbocycles. The van der Waals surface area contributed by atoms with Gasteiger partial charge < -0.3 is 14.4 Å². The number of nitrogens with one attached hydrogen (secondary N) is 1. The summed E-state index contributed by atoms with van der Waals surface area (Å²) in [6, 6.07) is 3.87. The summed E-state index contributed by atoms with van der Waals surface area (Å²) in [6.07, 6.45) is 34.5. The van der Waals surface area contributed by atoms with Crippen LogP contribution in [-0.2, 0) is 20.1 Å². The summed E-state index contributed by atoms with van der Waals surface area (Å²) in [5, 5.41) is 0.536. The van der Waals surface area contributed by atoms with Gasteiger partial charge in [0.2, 0.25) is 0 Å². The molecule has 0 bridgehead atoms. The number of rotatable bonds is 38. The van der Waals surface area contributed by atoms with E-state index < -0.39 is 0 Å². The molecule has 0 saturated carbocycles. The molecule has 0 spiro atoms. The zero-order valence-corrected chi connectivity index (χ0v) is 34.0. The molecule has 0 atom stereocenters. The van der Waals surface area contributed by atoms with Gasteiger partial charge in [0.1, 0.15) is 17.5 Å². The molecule has 50 heavy (non-hydrogen) atoms. The molecule has 0 amide bonds. The van der Waals surface area contributed by atoms with Gasteiger partial charge in [-0.2, -0.15) is 0 Å². The number of halogens is 1. The van der Waals surface area contributed by atoms with Crippen molar-refractivity contribution in [2.75, 3.05) is 26.2 Å². The van der Waals surface area contributed by atoms with E-state index in [0.717, 1.165) is 83.2 Å². The fraction of sp³-hybridized carbons (Fsp3) is 0.833. The Hall–Kier alpha value is -1.15. The van der Waals surface area contributed by atoms with Gasteiger partial charge in [-0.15, -0.1) is 0 Å². The first-order valence-corrected chi connectivity index (χ1v) is 22.3. The lowest BCUT2D eigenvalue weighted by Gasteiger charge is -2.22. The Bertz CT molecular complexity index is 875. The van der Waals surface area contributed by atoms with Crippen LogP contribution in [0.1, 0.15) is 193 Å². The lowest BCUT2D eigenvalue weighted by atomic mass is 10.0. The van der Waals surface area contributed by atoms with Gasteiger partial charge in [0.25, 0.3) is 0 Å². The Kier molecular flexibility index (Phi) is 34.0. The predicted molar refractivity (Wildman–Crippen MR) is 217 cm³/mol. The molecule has 0 radical (unpaired) electrons. The third-order valence-electron chi connectivity index (χ3n) is 9.59. The number of nitrogens with zero attached hydrogens (tertiary/aromatic N) is 2. The van der Waals surface area contributed by atoms with Crippen molar-refractivity contribution < 1.29 is 14.3 Å². The largest absolute Gasteiger partial charge is 0.462 e. The van der Waals surface area contributed by atoms with Crippen LogP contribution in [0.15, 0.2) is 18.3 Å². The van der Waals surface area contributed by atoms with Crippen LogP contribution in [0.4, 0.5) is 0 Å². The van der Waals surface area contributed by atoms with Gasteiger partial charge >= 0.3 is 5.97 Å². The van der Waals surface area contributed by atoms with Crippen LogP contribution in [0.5, 0.6) is 0 Å². The maximum absolute atomic E-state index is 12.8. The van der Waals surface area contributed by atoms with Gasteiger partial charge in [0.15, 0.2) is 0 Å². The first-order valence-electron chi connectivity index (χ1n) is 20.9. The number of hydrogen-bond acceptors (Lipinski definition) is 7. The van der Waals surface area contributed by atoms with Gasteiger partial charge in [0.05, 0.1) is 0 Å². The summed E-state index contributed by atoms with van der Waals surface area (Å²) in [7, 11) is 0. The zero-order chi connectivity index (χ0) is 36.2. The average molecular weight is 739 g/mol. The van der Waals surface area contributed by atoms with Crippen LogP contribution in [-0.4, -0.2) is 54.4 Å². The van der Waals surface area contributed by atoms with Gasteiger partial charge in [-0.05, 0) is 89.1 Å². The van der Waals surface area contributed by atoms with E-state index >= 15 is 0 Å². The molecule has 1 aromatic heterocycles. The minimum absolute atomic E-state index is 0.0286. The third-order valence-corrected chi connectivity index (χ3v) is 10.7. The fourth-order valence-corrected chi connectivity index (χ4v) is 7.29. The summed E-state index contributed by atoms with van der Waals surface area (Å²) in [5.41, 5.74) is 1.18. The number of hydrogen-bond donors (Lipinski definition) is 1. The van der Waals surface area contributed by atoms with E-state index in [9.17, 15) is 9.59 Å². The van der Waals surface area contributed by atoms with Crippen molar-refractivity contribution in [2.24, 2.45) is 0 Å². The lowest BCUT2D eigenvalue weighted by Crippen LogP contribution is -2.29. The average Bonchev–Trinajstić information content (AvgIpc) is 3.12. The number of carbonyl (C=O) groups excluding carboxylic acids is 2. The van der Waals surface area contributed by atoms with Crippen molar-refractivity contribution in [3.8, 4) is 0 Å². The van der Waals surface area contributed by atoms with Crippen LogP contribution in [0, 0.1) is 0 Å². The number of esters is 1. The molecular formula is C42H76ClN3O3S. The predicted octanol–water partition coefficient (Wildman–Crippen LogP) is 12.5. The molecule has 1 N–H and O–H groups in total. The number of ether oxygens (including phenoxy) is 1. The fourth-order valence-electron chi connectivity index (χ4n) is 6.45. The molecule has 0 saturated heterocycles. The SMILES string of the molecule is CCCCCCCCC(CCCCCCCC)OC(=O)CCCCCCCN(CCCCCCCC=O)CCCNSCc1ccc(Cl)nc1. The Labute approximate surface area is 317 Å². The van der Waals surface area contributed by atoms with Crippen LogP contribution in [0.3, 0.4) is 0 Å². The molecule has 8 heteroatoms. The van der Waals surface area contributed by atoms with Crippen molar-refractivity contribution in [3.05, 3.63) is 29.0 Å². The first-order chi connectivity index (χ1) is 24.6. The molecule has 0 fully saturated rings. The van der Waals surface area contributed by atoms with E-state index in [1.54, 1.807) is 11.9 Å². The molecular weight excluding hydrogens is 662 g/mol. The van der Waals surface area contributed by atoms with E-state index in [2.05, 4.69) is 28.5 Å². The quantitative estimate of drug-likeness (QED) is 0.0238. The number of carbonyl (C=O) groups is 2. The Balaban J connectivity index is 2.29. The highest BCUT2D eigenvalue weighted by molar-refractivity contribution is 7.96. The van der Waals surface area contributed by atoms with E-state index in [-0.39, 0.29) is 12.1 Å². The molecule has 0 aliphatic rings. The van der Waals surface area contributed by atoms with Crippen LogP contribution in [0.2, 0.25) is 5.15 Å². The molecule has 0 aromatic carbocycles. The number of pyridine rings is 1. The maximum Gasteiger partial charge on any atom is 0.306 e. The van der Waals surface area contributed by atoms with Gasteiger partial charge in [0, 0.05) is 31.3 Å². The van der Waals surface area contributed by atoms with Crippen LogP contribution < -0.4 is 4.72 Å². The monoisotopic (exact) mass is 738 g/mol. The second-order valence-electron chi connectivity index (χ2n) is 14.3. The van der Waals surface area contributed by atoms with Crippen LogP contribution >= 0.6 is 23.5 Å². The summed E-state index contributed by atoms with van der Waals surface area (Å²) in [6.45, 7) is 8.94. The van der Waals surface area contributed by atoms with E-state index in [1.165, 1.54) is 121 Å². The van der Waals surface area contributed by atoms with E-state index in [1.807, 2.05) is 18.3 Å². The van der Waals surface area contributed by atoms with Gasteiger partial charge in [-0.1, -0.05) is 146 Å². The van der Waals surface area contributed by atoms with Gasteiger partial charge in [-0.25, -0.2) is 4.98 Å². The Morgan fingerprint density at radius 1 is 0.760 bits per heavy atom. The highest BCUT2D eigenvalue weighted by Gasteiger charge is 2.14. The highest BCUT2D eigenvalue weighted by atomic mass is 35.5. The topological polar surface area (TPSA) is 71.5 Å². The van der Waals surface area contributed by atoms with E-state index in [4.69, 9.17) is 16.3 Å². The maximum atomic E-state index is 12.8. The summed E-state index contributed by atoms with van der Waals surface area (Å²) < 4.78 is 9.56. The van der Waals surface area contributed by atoms with Gasteiger partial charge in [-0.3, -0.25) is 9.52 Å². The molecule has 0 unspecified atom stereocenters. The molecule has 0 aliphatic heterocycles. The number of aldehydes is 1. The molecule has 1 aromatic rings. The van der Waals surface area contributed by atoms with E-state index in [0.29, 0.717) is 18.0 Å². The van der Waals surface area contributed by atoms with Crippen molar-refractivity contribution in [1.29, 1.82) is 0 Å². The van der Waals surface area contributed by atoms with Crippen LogP contribution in [0.25, 0.3) is 0 Å². The molecule has 290 valence electrons. The minimum Gasteiger partial charge on any atom is -0.462 e. The van der Waals surface area contributed by atoms with Crippen molar-refractivity contribution in [1.82, 2.24) is 14.6 Å². The molecule has 1 rings (SSSR count). The summed E-state index contributed by atoms with van der Waals surface area (Å²) in [5.74, 6) is 0.912. The lowest BCUT2D eigenvalue weighted by molar-refractivity contribution is -0.150. The van der Waals surface area contributed by atoms with Crippen molar-refractivity contribution in [2.45, 2.75) is 199 Å². The second kappa shape index (κ2) is 36.2. The Morgan fingerprint density at radius 2 is 1.30 bits per heavy atom. The zero-order valence-electron chi connectivity index (χ0n) is 32.4. The van der Waals surface area contributed by atoms with Crippen molar-refractivity contribution >= 4 is 35.8 Å². The summed E-state index contributed by atoms with van der Waals surface area (Å²) in [4.78, 5) is 30.1. The number of aromatic nitrogens is 1.